The van der Waals surface area contributed by atoms with Gasteiger partial charge in [0.1, 0.15) is 5.69 Å². The van der Waals surface area contributed by atoms with Crippen molar-refractivity contribution in [1.29, 1.82) is 0 Å². The highest BCUT2D eigenvalue weighted by Gasteiger charge is 2.35. The van der Waals surface area contributed by atoms with Gasteiger partial charge in [-0.1, -0.05) is 18.2 Å². The summed E-state index contributed by atoms with van der Waals surface area (Å²) in [4.78, 5) is 37.3. The van der Waals surface area contributed by atoms with E-state index >= 15 is 0 Å². The van der Waals surface area contributed by atoms with Crippen LogP contribution in [0.2, 0.25) is 0 Å². The number of nitrogens with one attached hydrogen (secondary N) is 4. The van der Waals surface area contributed by atoms with Crippen molar-refractivity contribution in [2.75, 3.05) is 10.6 Å². The number of pyridine rings is 2. The molecule has 4 aromatic rings. The molecular weight excluding hydrogens is 440 g/mol. The number of para-hydroxylation sites is 1. The van der Waals surface area contributed by atoms with Crippen molar-refractivity contribution in [2.45, 2.75) is 32.7 Å². The van der Waals surface area contributed by atoms with Crippen LogP contribution >= 0.6 is 0 Å². The van der Waals surface area contributed by atoms with Gasteiger partial charge in [0, 0.05) is 48.2 Å². The van der Waals surface area contributed by atoms with Crippen LogP contribution in [-0.2, 0) is 11.2 Å². The molecule has 0 fully saturated rings. The Labute approximate surface area is 203 Å². The third-order valence-corrected chi connectivity index (χ3v) is 5.83. The predicted molar refractivity (Wildman–Crippen MR) is 137 cm³/mol. The van der Waals surface area contributed by atoms with Gasteiger partial charge in [-0.05, 0) is 50.2 Å². The van der Waals surface area contributed by atoms with Gasteiger partial charge >= 0.3 is 0 Å². The number of nitrogens with zero attached hydrogens (tertiary/aromatic N) is 2. The average Bonchev–Trinajstić information content (AvgIpc) is 3.17. The number of carbonyl (C=O) groups excluding carboxylic acids is 2. The van der Waals surface area contributed by atoms with E-state index in [2.05, 4.69) is 30.9 Å². The molecule has 4 heterocycles. The van der Waals surface area contributed by atoms with Crippen LogP contribution in [0.5, 0.6) is 0 Å². The molecule has 4 N–H and O–H groups in total. The first kappa shape index (κ1) is 22.3. The van der Waals surface area contributed by atoms with Gasteiger partial charge in [0.05, 0.1) is 28.3 Å². The van der Waals surface area contributed by atoms with Gasteiger partial charge in [0.15, 0.2) is 0 Å². The fourth-order valence-corrected chi connectivity index (χ4v) is 4.41. The van der Waals surface area contributed by atoms with Crippen molar-refractivity contribution in [3.8, 4) is 22.6 Å². The van der Waals surface area contributed by atoms with Crippen LogP contribution in [0, 0.1) is 0 Å². The zero-order chi connectivity index (χ0) is 24.6. The van der Waals surface area contributed by atoms with Crippen LogP contribution in [0.1, 0.15) is 36.8 Å². The molecule has 0 atom stereocenters. The third kappa shape index (κ3) is 4.50. The second-order valence-corrected chi connectivity index (χ2v) is 9.24. The molecule has 0 saturated carbocycles. The number of amides is 2. The Morgan fingerprint density at radius 1 is 1.03 bits per heavy atom. The first-order valence-corrected chi connectivity index (χ1v) is 11.4. The van der Waals surface area contributed by atoms with Crippen LogP contribution in [0.3, 0.4) is 0 Å². The Kier molecular flexibility index (Phi) is 5.56. The largest absolute Gasteiger partial charge is 0.356 e. The lowest BCUT2D eigenvalue weighted by Crippen LogP contribution is -2.49. The maximum atomic E-state index is 13.2. The zero-order valence-corrected chi connectivity index (χ0v) is 19.8. The van der Waals surface area contributed by atoms with E-state index in [-0.39, 0.29) is 17.4 Å². The van der Waals surface area contributed by atoms with Crippen molar-refractivity contribution in [2.24, 2.45) is 0 Å². The lowest BCUT2D eigenvalue weighted by atomic mass is 9.91. The highest BCUT2D eigenvalue weighted by Crippen LogP contribution is 2.39. The van der Waals surface area contributed by atoms with Crippen LogP contribution < -0.4 is 16.0 Å². The van der Waals surface area contributed by atoms with Gasteiger partial charge in [-0.25, -0.2) is 0 Å². The smallest absolute Gasteiger partial charge is 0.255 e. The molecule has 3 aromatic heterocycles. The summed E-state index contributed by atoms with van der Waals surface area (Å²) in [6.07, 6.45) is 4.03. The van der Waals surface area contributed by atoms with E-state index in [9.17, 15) is 9.59 Å². The van der Waals surface area contributed by atoms with Gasteiger partial charge in [0.2, 0.25) is 5.91 Å². The summed E-state index contributed by atoms with van der Waals surface area (Å²) in [6.45, 7) is 5.47. The van der Waals surface area contributed by atoms with E-state index in [4.69, 9.17) is 0 Å². The van der Waals surface area contributed by atoms with Crippen molar-refractivity contribution in [1.82, 2.24) is 20.3 Å². The predicted octanol–water partition coefficient (Wildman–Crippen LogP) is 4.91. The number of benzene rings is 1. The standard InChI is InChI=1S/C27H26N6O2/c1-16(34)30-19-10-7-12-29-24(19)20-14-17(11-13-28-20)23-25(31-18-8-5-4-6-9-18)22-21(32-23)15-27(2,3)33-26(22)35/h4-14,31-32H,15H2,1-3H3,(H,30,34)(H,33,35). The van der Waals surface area contributed by atoms with Crippen molar-refractivity contribution < 1.29 is 9.59 Å². The highest BCUT2D eigenvalue weighted by atomic mass is 16.2. The number of carbonyl (C=O) groups is 2. The number of hydrogen-bond donors (Lipinski definition) is 4. The number of H-pyrrole nitrogens is 1. The lowest BCUT2D eigenvalue weighted by Gasteiger charge is -2.30. The summed E-state index contributed by atoms with van der Waals surface area (Å²) in [7, 11) is 0. The number of aromatic amines is 1. The van der Waals surface area contributed by atoms with Gasteiger partial charge in [-0.3, -0.25) is 19.6 Å². The number of aromatic nitrogens is 3. The summed E-state index contributed by atoms with van der Waals surface area (Å²) >= 11 is 0. The quantitative estimate of drug-likeness (QED) is 0.334. The van der Waals surface area contributed by atoms with E-state index in [0.717, 1.165) is 22.6 Å². The van der Waals surface area contributed by atoms with Gasteiger partial charge < -0.3 is 20.9 Å². The molecule has 1 aliphatic rings. The first-order valence-electron chi connectivity index (χ1n) is 11.4. The van der Waals surface area contributed by atoms with Crippen molar-refractivity contribution in [3.63, 3.8) is 0 Å². The lowest BCUT2D eigenvalue weighted by molar-refractivity contribution is -0.114. The SMILES string of the molecule is CC(=O)Nc1cccnc1-c1cc(-c2[nH]c3c(c2Nc2ccccc2)C(=O)NC(C)(C)C3)ccn1. The average molecular weight is 467 g/mol. The third-order valence-electron chi connectivity index (χ3n) is 5.83. The molecule has 0 unspecified atom stereocenters. The molecule has 0 saturated heterocycles. The molecule has 0 radical (unpaired) electrons. The Hall–Kier alpha value is -4.46. The fraction of sp³-hybridized carbons (Fsp3) is 0.185. The van der Waals surface area contributed by atoms with E-state index in [1.54, 1.807) is 24.5 Å². The maximum absolute atomic E-state index is 13.2. The number of anilines is 3. The summed E-state index contributed by atoms with van der Waals surface area (Å²) in [5.41, 5.74) is 6.09. The summed E-state index contributed by atoms with van der Waals surface area (Å²) < 4.78 is 0. The molecule has 0 aliphatic carbocycles. The van der Waals surface area contributed by atoms with E-state index in [0.29, 0.717) is 34.7 Å². The molecule has 35 heavy (non-hydrogen) atoms. The minimum Gasteiger partial charge on any atom is -0.356 e. The summed E-state index contributed by atoms with van der Waals surface area (Å²) in [5.74, 6) is -0.306. The van der Waals surface area contributed by atoms with Crippen LogP contribution in [0.15, 0.2) is 67.0 Å². The van der Waals surface area contributed by atoms with Gasteiger partial charge in [-0.2, -0.15) is 0 Å². The molecule has 8 heteroatoms. The second-order valence-electron chi connectivity index (χ2n) is 9.24. The molecular formula is C27H26N6O2. The van der Waals surface area contributed by atoms with Gasteiger partial charge in [-0.15, -0.1) is 0 Å². The summed E-state index contributed by atoms with van der Waals surface area (Å²) in [5, 5.41) is 9.37. The van der Waals surface area contributed by atoms with Gasteiger partial charge in [0.25, 0.3) is 5.91 Å². The summed E-state index contributed by atoms with van der Waals surface area (Å²) in [6, 6.07) is 17.1. The fourth-order valence-electron chi connectivity index (χ4n) is 4.41. The number of hydrogen-bond acceptors (Lipinski definition) is 5. The van der Waals surface area contributed by atoms with Crippen LogP contribution in [0.4, 0.5) is 17.1 Å². The first-order chi connectivity index (χ1) is 16.8. The highest BCUT2D eigenvalue weighted by molar-refractivity contribution is 6.06. The van der Waals surface area contributed by atoms with E-state index in [1.807, 2.05) is 56.3 Å². The molecule has 0 bridgehead atoms. The maximum Gasteiger partial charge on any atom is 0.255 e. The number of rotatable bonds is 5. The topological polar surface area (TPSA) is 112 Å². The van der Waals surface area contributed by atoms with Crippen LogP contribution in [0.25, 0.3) is 22.6 Å². The van der Waals surface area contributed by atoms with Crippen LogP contribution in [-0.4, -0.2) is 32.3 Å². The van der Waals surface area contributed by atoms with Crippen molar-refractivity contribution >= 4 is 28.9 Å². The Morgan fingerprint density at radius 2 is 1.83 bits per heavy atom. The second kappa shape index (κ2) is 8.72. The normalized spacial score (nSPS) is 14.1. The minimum atomic E-state index is -0.360. The zero-order valence-electron chi connectivity index (χ0n) is 19.8. The Balaban J connectivity index is 1.64. The molecule has 2 amide bonds. The van der Waals surface area contributed by atoms with E-state index in [1.165, 1.54) is 6.92 Å². The molecule has 176 valence electrons. The monoisotopic (exact) mass is 466 g/mol. The molecule has 1 aromatic carbocycles. The van der Waals surface area contributed by atoms with Crippen molar-refractivity contribution in [3.05, 3.63) is 78.2 Å². The van der Waals surface area contributed by atoms with E-state index < -0.39 is 0 Å². The minimum absolute atomic E-state index is 0.121. The Bertz CT molecular complexity index is 1420. The molecule has 8 nitrogen and oxygen atoms in total. The number of fused-ring (bicyclic) bond motifs is 1. The molecule has 0 spiro atoms. The molecule has 1 aliphatic heterocycles. The molecule has 5 rings (SSSR count). The Morgan fingerprint density at radius 3 is 2.60 bits per heavy atom.